The molecule has 0 saturated heterocycles. The number of fused-ring (bicyclic) bond motifs is 2. The lowest BCUT2D eigenvalue weighted by Gasteiger charge is -2.09. The van der Waals surface area contributed by atoms with Crippen molar-refractivity contribution in [1.29, 1.82) is 0 Å². The Bertz CT molecular complexity index is 172. The Balaban J connectivity index is 2.28. The Morgan fingerprint density at radius 3 is 2.67 bits per heavy atom. The van der Waals surface area contributed by atoms with Crippen LogP contribution in [0.2, 0.25) is 0 Å². The van der Waals surface area contributed by atoms with Crippen LogP contribution in [0.4, 0.5) is 0 Å². The van der Waals surface area contributed by atoms with Crippen molar-refractivity contribution in [3.8, 4) is 0 Å². The molecule has 0 aromatic heterocycles. The first kappa shape index (κ1) is 5.32. The van der Waals surface area contributed by atoms with Gasteiger partial charge in [0.1, 0.15) is 0 Å². The molecule has 0 heteroatoms. The summed E-state index contributed by atoms with van der Waals surface area (Å²) >= 11 is 0. The van der Waals surface area contributed by atoms with Gasteiger partial charge < -0.3 is 0 Å². The van der Waals surface area contributed by atoms with Crippen molar-refractivity contribution in [3.05, 3.63) is 17.9 Å². The first-order chi connectivity index (χ1) is 4.40. The largest absolute Gasteiger partial charge is 0.129 e. The van der Waals surface area contributed by atoms with Gasteiger partial charge in [-0.15, -0.1) is 5.73 Å². The lowest BCUT2D eigenvalue weighted by atomic mass is 9.96. The van der Waals surface area contributed by atoms with Gasteiger partial charge in [0.2, 0.25) is 0 Å². The van der Waals surface area contributed by atoms with Crippen LogP contribution in [0.5, 0.6) is 0 Å². The monoisotopic (exact) mass is 120 g/mol. The minimum absolute atomic E-state index is 0.896. The van der Waals surface area contributed by atoms with Crippen molar-refractivity contribution in [2.75, 3.05) is 0 Å². The van der Waals surface area contributed by atoms with E-state index < -0.39 is 0 Å². The van der Waals surface area contributed by atoms with Gasteiger partial charge in [0.05, 0.1) is 0 Å². The van der Waals surface area contributed by atoms with Crippen molar-refractivity contribution in [3.63, 3.8) is 0 Å². The number of allylic oxidation sites excluding steroid dienone is 1. The molecule has 2 fully saturated rings. The second-order valence-electron chi connectivity index (χ2n) is 3.28. The molecular weight excluding hydrogens is 108 g/mol. The van der Waals surface area contributed by atoms with Crippen molar-refractivity contribution in [2.24, 2.45) is 11.8 Å². The van der Waals surface area contributed by atoms with Crippen LogP contribution in [0.25, 0.3) is 0 Å². The summed E-state index contributed by atoms with van der Waals surface area (Å²) in [5.74, 6) is 1.91. The molecule has 2 rings (SSSR count). The van der Waals surface area contributed by atoms with Gasteiger partial charge in [-0.25, -0.2) is 0 Å². The van der Waals surface area contributed by atoms with Crippen molar-refractivity contribution in [2.45, 2.75) is 25.7 Å². The molecule has 9 heavy (non-hydrogen) atoms. The average molecular weight is 120 g/mol. The first-order valence-corrected chi connectivity index (χ1v) is 3.79. The molecule has 2 aliphatic carbocycles. The topological polar surface area (TPSA) is 0 Å². The quantitative estimate of drug-likeness (QED) is 0.431. The van der Waals surface area contributed by atoms with Crippen LogP contribution in [0.15, 0.2) is 17.9 Å². The summed E-state index contributed by atoms with van der Waals surface area (Å²) < 4.78 is 0. The molecule has 2 unspecified atom stereocenters. The van der Waals surface area contributed by atoms with Gasteiger partial charge >= 0.3 is 0 Å². The molecule has 0 N–H and O–H groups in total. The summed E-state index contributed by atoms with van der Waals surface area (Å²) in [6.07, 6.45) is 5.64. The fourth-order valence-electron chi connectivity index (χ4n) is 2.27. The summed E-state index contributed by atoms with van der Waals surface area (Å²) in [7, 11) is 0. The van der Waals surface area contributed by atoms with E-state index in [4.69, 9.17) is 0 Å². The zero-order valence-electron chi connectivity index (χ0n) is 5.69. The van der Waals surface area contributed by atoms with Crippen LogP contribution in [0, 0.1) is 11.8 Å². The molecule has 0 nitrogen and oxygen atoms in total. The minimum Gasteiger partial charge on any atom is -0.129 e. The molecule has 2 aliphatic rings. The predicted octanol–water partition coefficient (Wildman–Crippen LogP) is 2.52. The maximum absolute atomic E-state index is 3.70. The molecule has 0 heterocycles. The normalized spacial score (nSPS) is 39.3. The van der Waals surface area contributed by atoms with Gasteiger partial charge in [0, 0.05) is 0 Å². The summed E-state index contributed by atoms with van der Waals surface area (Å²) in [5, 5.41) is 0. The molecular formula is C9H12. The van der Waals surface area contributed by atoms with Gasteiger partial charge in [-0.05, 0) is 43.1 Å². The maximum Gasteiger partial charge on any atom is -0.0124 e. The molecule has 0 amide bonds. The SMILES string of the molecule is C=C=C1CC2CCC1C2. The van der Waals surface area contributed by atoms with E-state index in [1.54, 1.807) is 0 Å². The third kappa shape index (κ3) is 0.668. The Morgan fingerprint density at radius 2 is 2.33 bits per heavy atom. The second kappa shape index (κ2) is 1.75. The molecule has 2 bridgehead atoms. The van der Waals surface area contributed by atoms with Gasteiger partial charge in [0.15, 0.2) is 0 Å². The van der Waals surface area contributed by atoms with Gasteiger partial charge in [-0.3, -0.25) is 0 Å². The predicted molar refractivity (Wildman–Crippen MR) is 38.1 cm³/mol. The van der Waals surface area contributed by atoms with Gasteiger partial charge in [-0.1, -0.05) is 6.58 Å². The fraction of sp³-hybridized carbons (Fsp3) is 0.667. The highest BCUT2D eigenvalue weighted by molar-refractivity contribution is 5.14. The summed E-state index contributed by atoms with van der Waals surface area (Å²) in [6.45, 7) is 3.70. The standard InChI is InChI=1S/C9H12/c1-2-8-5-7-3-4-9(8)6-7/h7,9H,1,3-6H2. The lowest BCUT2D eigenvalue weighted by molar-refractivity contribution is 0.561. The first-order valence-electron chi connectivity index (χ1n) is 3.79. The van der Waals surface area contributed by atoms with Gasteiger partial charge in [-0.2, -0.15) is 0 Å². The van der Waals surface area contributed by atoms with Gasteiger partial charge in [0.25, 0.3) is 0 Å². The van der Waals surface area contributed by atoms with Crippen LogP contribution in [0.3, 0.4) is 0 Å². The summed E-state index contributed by atoms with van der Waals surface area (Å²) in [5.41, 5.74) is 4.58. The van der Waals surface area contributed by atoms with Crippen LogP contribution >= 0.6 is 0 Å². The van der Waals surface area contributed by atoms with Crippen molar-refractivity contribution in [1.82, 2.24) is 0 Å². The van der Waals surface area contributed by atoms with E-state index in [1.807, 2.05) is 0 Å². The van der Waals surface area contributed by atoms with E-state index in [-0.39, 0.29) is 0 Å². The molecule has 2 atom stereocenters. The molecule has 0 aromatic rings. The Labute approximate surface area is 56.3 Å². The number of rotatable bonds is 0. The Kier molecular flexibility index (Phi) is 1.03. The average Bonchev–Trinajstić information content (AvgIpc) is 2.45. The fourth-order valence-corrected chi connectivity index (χ4v) is 2.27. The van der Waals surface area contributed by atoms with E-state index in [2.05, 4.69) is 12.3 Å². The third-order valence-electron chi connectivity index (χ3n) is 2.77. The molecule has 0 aliphatic heterocycles. The van der Waals surface area contributed by atoms with Crippen LogP contribution in [-0.4, -0.2) is 0 Å². The smallest absolute Gasteiger partial charge is 0.0124 e. The zero-order chi connectivity index (χ0) is 6.27. The lowest BCUT2D eigenvalue weighted by Crippen LogP contribution is -1.95. The van der Waals surface area contributed by atoms with E-state index in [9.17, 15) is 0 Å². The highest BCUT2D eigenvalue weighted by Crippen LogP contribution is 2.47. The van der Waals surface area contributed by atoms with Crippen molar-refractivity contribution < 1.29 is 0 Å². The summed E-state index contributed by atoms with van der Waals surface area (Å²) in [4.78, 5) is 0. The van der Waals surface area contributed by atoms with Crippen LogP contribution in [0.1, 0.15) is 25.7 Å². The van der Waals surface area contributed by atoms with E-state index in [0.717, 1.165) is 11.8 Å². The Morgan fingerprint density at radius 1 is 1.44 bits per heavy atom. The number of hydrogen-bond acceptors (Lipinski definition) is 0. The van der Waals surface area contributed by atoms with Crippen molar-refractivity contribution >= 4 is 0 Å². The van der Waals surface area contributed by atoms with E-state index in [1.165, 1.54) is 31.3 Å². The summed E-state index contributed by atoms with van der Waals surface area (Å²) in [6, 6.07) is 0. The zero-order valence-corrected chi connectivity index (χ0v) is 5.69. The molecule has 0 spiro atoms. The maximum atomic E-state index is 3.70. The second-order valence-corrected chi connectivity index (χ2v) is 3.28. The van der Waals surface area contributed by atoms with E-state index >= 15 is 0 Å². The minimum atomic E-state index is 0.896. The van der Waals surface area contributed by atoms with Crippen LogP contribution < -0.4 is 0 Å². The highest BCUT2D eigenvalue weighted by Gasteiger charge is 2.34. The Hall–Kier alpha value is -0.480. The van der Waals surface area contributed by atoms with Crippen LogP contribution in [-0.2, 0) is 0 Å². The molecule has 48 valence electrons. The third-order valence-corrected chi connectivity index (χ3v) is 2.77. The van der Waals surface area contributed by atoms with E-state index in [0.29, 0.717) is 0 Å². The molecule has 0 aromatic carbocycles. The molecule has 0 radical (unpaired) electrons. The number of hydrogen-bond donors (Lipinski definition) is 0. The highest BCUT2D eigenvalue weighted by atomic mass is 14.4. The molecule has 2 saturated carbocycles.